The summed E-state index contributed by atoms with van der Waals surface area (Å²) in [6, 6.07) is 4.81. The first-order valence-electron chi connectivity index (χ1n) is 8.46. The van der Waals surface area contributed by atoms with Crippen molar-refractivity contribution in [1.29, 1.82) is 0 Å². The van der Waals surface area contributed by atoms with E-state index in [0.717, 1.165) is 19.3 Å². The van der Waals surface area contributed by atoms with Gasteiger partial charge >= 0.3 is 6.18 Å². The Kier molecular flexibility index (Phi) is 4.62. The Bertz CT molecular complexity index is 801. The smallest absolute Gasteiger partial charge is 0.366 e. The lowest BCUT2D eigenvalue weighted by Crippen LogP contribution is -2.31. The fourth-order valence-electron chi connectivity index (χ4n) is 4.02. The second-order valence-corrected chi connectivity index (χ2v) is 6.73. The molecule has 3 N–H and O–H groups in total. The molecule has 3 rings (SSSR count). The molecule has 134 valence electrons. The Hall–Kier alpha value is -2.24. The second-order valence-electron chi connectivity index (χ2n) is 6.73. The van der Waals surface area contributed by atoms with Gasteiger partial charge in [0.2, 0.25) is 5.91 Å². The third kappa shape index (κ3) is 3.30. The highest BCUT2D eigenvalue weighted by atomic mass is 19.4. The van der Waals surface area contributed by atoms with Crippen molar-refractivity contribution < 1.29 is 18.0 Å². The maximum absolute atomic E-state index is 14.1. The van der Waals surface area contributed by atoms with Crippen LogP contribution in [0.5, 0.6) is 0 Å². The van der Waals surface area contributed by atoms with Gasteiger partial charge in [0.25, 0.3) is 0 Å². The van der Waals surface area contributed by atoms with E-state index in [1.807, 2.05) is 0 Å². The molecule has 2 aromatic rings. The molecule has 1 atom stereocenters. The Morgan fingerprint density at radius 2 is 1.88 bits per heavy atom. The van der Waals surface area contributed by atoms with Crippen LogP contribution in [0, 0.1) is 5.92 Å². The number of carbonyl (C=O) groups is 1. The van der Waals surface area contributed by atoms with Gasteiger partial charge in [0.15, 0.2) is 0 Å². The number of rotatable bonds is 4. The van der Waals surface area contributed by atoms with Gasteiger partial charge in [-0.1, -0.05) is 31.9 Å². The maximum Gasteiger partial charge on any atom is 0.396 e. The Morgan fingerprint density at radius 1 is 1.20 bits per heavy atom. The topological polar surface area (TPSA) is 58.9 Å². The monoisotopic (exact) mass is 350 g/mol. The van der Waals surface area contributed by atoms with Crippen molar-refractivity contribution in [1.82, 2.24) is 4.98 Å². The van der Waals surface area contributed by atoms with Crippen molar-refractivity contribution in [3.63, 3.8) is 0 Å². The van der Waals surface area contributed by atoms with Crippen LogP contribution in [0.25, 0.3) is 16.5 Å². The van der Waals surface area contributed by atoms with Crippen LogP contribution in [0.4, 0.5) is 13.2 Å². The molecule has 1 aromatic heterocycles. The largest absolute Gasteiger partial charge is 0.396 e. The average Bonchev–Trinajstić information content (AvgIpc) is 3.03. The third-order valence-electron chi connectivity index (χ3n) is 5.18. The van der Waals surface area contributed by atoms with E-state index in [9.17, 15) is 18.0 Å². The van der Waals surface area contributed by atoms with Crippen LogP contribution < -0.4 is 5.73 Å². The Morgan fingerprint density at radius 3 is 2.48 bits per heavy atom. The highest BCUT2D eigenvalue weighted by Gasteiger charge is 2.47. The highest BCUT2D eigenvalue weighted by Crippen LogP contribution is 2.49. The molecule has 0 radical (unpaired) electrons. The van der Waals surface area contributed by atoms with Gasteiger partial charge in [-0.15, -0.1) is 0 Å². The molecule has 0 spiro atoms. The molecule has 1 heterocycles. The number of primary amides is 1. The van der Waals surface area contributed by atoms with Crippen molar-refractivity contribution in [2.45, 2.75) is 44.2 Å². The molecule has 1 fully saturated rings. The molecular weight excluding hydrogens is 329 g/mol. The summed E-state index contributed by atoms with van der Waals surface area (Å²) < 4.78 is 42.3. The minimum Gasteiger partial charge on any atom is -0.366 e. The predicted octanol–water partition coefficient (Wildman–Crippen LogP) is 4.89. The summed E-state index contributed by atoms with van der Waals surface area (Å²) >= 11 is 0. The number of aromatic nitrogens is 1. The van der Waals surface area contributed by atoms with E-state index < -0.39 is 23.9 Å². The minimum atomic E-state index is -4.40. The lowest BCUT2D eigenvalue weighted by molar-refractivity contribution is -0.164. The van der Waals surface area contributed by atoms with Crippen LogP contribution in [0.1, 0.15) is 49.1 Å². The zero-order chi connectivity index (χ0) is 18.2. The van der Waals surface area contributed by atoms with Gasteiger partial charge in [0, 0.05) is 22.7 Å². The van der Waals surface area contributed by atoms with Crippen LogP contribution >= 0.6 is 0 Å². The summed E-state index contributed by atoms with van der Waals surface area (Å²) in [6.07, 6.45) is 0.843. The molecule has 1 saturated carbocycles. The number of benzene rings is 1. The van der Waals surface area contributed by atoms with Gasteiger partial charge in [0.05, 0.1) is 5.92 Å². The number of hydrogen-bond donors (Lipinski definition) is 2. The number of aromatic amines is 1. The van der Waals surface area contributed by atoms with Crippen LogP contribution in [0.15, 0.2) is 31.0 Å². The van der Waals surface area contributed by atoms with E-state index in [2.05, 4.69) is 11.6 Å². The SMILES string of the molecule is C=C(C(N)=O)c1ccc2[nH]ccc2c1C(C1CCCCC1)C(F)(F)F. The quantitative estimate of drug-likeness (QED) is 0.758. The van der Waals surface area contributed by atoms with Gasteiger partial charge in [-0.2, -0.15) is 13.2 Å². The standard InChI is InChI=1S/C19H21F3N2O/c1-11(18(23)25)13-7-8-15-14(9-10-24-15)16(13)17(19(20,21)22)12-5-3-2-4-6-12/h7-10,12,17,24H,1-6H2,(H2,23,25). The fourth-order valence-corrected chi connectivity index (χ4v) is 4.02. The maximum atomic E-state index is 14.1. The van der Waals surface area contributed by atoms with E-state index in [0.29, 0.717) is 23.7 Å². The minimum absolute atomic E-state index is 0.0804. The first-order chi connectivity index (χ1) is 11.8. The van der Waals surface area contributed by atoms with Crippen molar-refractivity contribution in [2.24, 2.45) is 11.7 Å². The summed E-state index contributed by atoms with van der Waals surface area (Å²) in [5.74, 6) is -2.92. The summed E-state index contributed by atoms with van der Waals surface area (Å²) in [7, 11) is 0. The first kappa shape index (κ1) is 17.6. The summed E-state index contributed by atoms with van der Waals surface area (Å²) in [4.78, 5) is 14.6. The number of carbonyl (C=O) groups excluding carboxylic acids is 1. The fraction of sp³-hybridized carbons (Fsp3) is 0.421. The molecule has 25 heavy (non-hydrogen) atoms. The molecule has 0 aliphatic heterocycles. The molecule has 0 saturated heterocycles. The molecule has 1 aromatic carbocycles. The van der Waals surface area contributed by atoms with Crippen molar-refractivity contribution in [3.05, 3.63) is 42.1 Å². The number of fused-ring (bicyclic) bond motifs is 1. The van der Waals surface area contributed by atoms with Gasteiger partial charge in [-0.25, -0.2) is 0 Å². The average molecular weight is 350 g/mol. The number of nitrogens with two attached hydrogens (primary N) is 1. The summed E-state index contributed by atoms with van der Waals surface area (Å²) in [6.45, 7) is 3.63. The van der Waals surface area contributed by atoms with E-state index >= 15 is 0 Å². The normalized spacial score (nSPS) is 17.6. The second kappa shape index (κ2) is 6.58. The van der Waals surface area contributed by atoms with Gasteiger partial charge in [-0.3, -0.25) is 4.79 Å². The lowest BCUT2D eigenvalue weighted by Gasteiger charge is -2.33. The summed E-state index contributed by atoms with van der Waals surface area (Å²) in [5.41, 5.74) is 6.18. The van der Waals surface area contributed by atoms with E-state index in [1.54, 1.807) is 18.3 Å². The summed E-state index contributed by atoms with van der Waals surface area (Å²) in [5, 5.41) is 0.479. The van der Waals surface area contributed by atoms with Crippen LogP contribution in [-0.2, 0) is 4.79 Å². The molecule has 0 bridgehead atoms. The zero-order valence-electron chi connectivity index (χ0n) is 13.8. The van der Waals surface area contributed by atoms with Crippen molar-refractivity contribution in [3.8, 4) is 0 Å². The van der Waals surface area contributed by atoms with E-state index in [-0.39, 0.29) is 16.7 Å². The first-order valence-corrected chi connectivity index (χ1v) is 8.46. The predicted molar refractivity (Wildman–Crippen MR) is 91.9 cm³/mol. The molecule has 3 nitrogen and oxygen atoms in total. The van der Waals surface area contributed by atoms with Crippen molar-refractivity contribution >= 4 is 22.4 Å². The molecule has 1 aliphatic carbocycles. The molecule has 6 heteroatoms. The van der Waals surface area contributed by atoms with Gasteiger partial charge < -0.3 is 10.7 Å². The number of H-pyrrole nitrogens is 1. The van der Waals surface area contributed by atoms with Crippen molar-refractivity contribution in [2.75, 3.05) is 0 Å². The van der Waals surface area contributed by atoms with Crippen LogP contribution in [-0.4, -0.2) is 17.1 Å². The number of amides is 1. The molecule has 1 aliphatic rings. The lowest BCUT2D eigenvalue weighted by atomic mass is 9.73. The third-order valence-corrected chi connectivity index (χ3v) is 5.18. The van der Waals surface area contributed by atoms with E-state index in [1.165, 1.54) is 6.07 Å². The number of nitrogens with one attached hydrogen (secondary N) is 1. The molecule has 1 amide bonds. The van der Waals surface area contributed by atoms with Crippen LogP contribution in [0.2, 0.25) is 0 Å². The van der Waals surface area contributed by atoms with Crippen LogP contribution in [0.3, 0.4) is 0 Å². The molecule has 1 unspecified atom stereocenters. The van der Waals surface area contributed by atoms with Gasteiger partial charge in [0.1, 0.15) is 0 Å². The number of halogens is 3. The number of hydrogen-bond acceptors (Lipinski definition) is 1. The Labute approximate surface area is 144 Å². The highest BCUT2D eigenvalue weighted by molar-refractivity contribution is 6.19. The van der Waals surface area contributed by atoms with Gasteiger partial charge in [-0.05, 0) is 42.0 Å². The Balaban J connectivity index is 2.24. The van der Waals surface area contributed by atoms with E-state index in [4.69, 9.17) is 5.73 Å². The zero-order valence-corrected chi connectivity index (χ0v) is 13.8. The number of alkyl halides is 3. The molecular formula is C19H21F3N2O.